The molecule has 1 amide bonds. The monoisotopic (exact) mass is 415 g/mol. The van der Waals surface area contributed by atoms with Gasteiger partial charge in [0.05, 0.1) is 5.75 Å². The summed E-state index contributed by atoms with van der Waals surface area (Å²) >= 11 is 1.54. The third-order valence-corrected chi connectivity index (χ3v) is 6.31. The average Bonchev–Trinajstić information content (AvgIpc) is 3.45. The smallest absolute Gasteiger partial charge is 0.287 e. The molecule has 0 aromatic carbocycles. The van der Waals surface area contributed by atoms with Crippen LogP contribution in [0.5, 0.6) is 0 Å². The van der Waals surface area contributed by atoms with E-state index in [9.17, 15) is 4.79 Å². The Bertz CT molecular complexity index is 843. The van der Waals surface area contributed by atoms with E-state index < -0.39 is 0 Å². The summed E-state index contributed by atoms with van der Waals surface area (Å²) in [5, 5.41) is 3.68. The van der Waals surface area contributed by atoms with Crippen LogP contribution in [0.2, 0.25) is 0 Å². The normalized spacial score (nSPS) is 17.5. The molecule has 1 N–H and O–H groups in total. The maximum Gasteiger partial charge on any atom is 0.287 e. The molecule has 0 radical (unpaired) electrons. The summed E-state index contributed by atoms with van der Waals surface area (Å²) in [6.07, 6.45) is 2.43. The third kappa shape index (κ3) is 5.51. The van der Waals surface area contributed by atoms with Crippen LogP contribution in [0.1, 0.15) is 41.8 Å². The fraction of sp³-hybridized carbons (Fsp3) is 0.571. The Morgan fingerprint density at radius 3 is 2.76 bits per heavy atom. The van der Waals surface area contributed by atoms with Gasteiger partial charge in [-0.3, -0.25) is 4.79 Å². The minimum absolute atomic E-state index is 0.131. The number of nitrogens with zero attached hydrogens (tertiary/aromatic N) is 4. The van der Waals surface area contributed by atoms with Gasteiger partial charge in [-0.25, -0.2) is 9.97 Å². The number of nitrogens with one attached hydrogen (secondary N) is 1. The van der Waals surface area contributed by atoms with Gasteiger partial charge in [0.15, 0.2) is 10.9 Å². The minimum atomic E-state index is -0.131. The molecule has 2 aromatic heterocycles. The van der Waals surface area contributed by atoms with E-state index in [0.717, 1.165) is 61.7 Å². The first-order valence-corrected chi connectivity index (χ1v) is 11.4. The molecular weight excluding hydrogens is 386 g/mol. The highest BCUT2D eigenvalue weighted by Crippen LogP contribution is 2.28. The number of hydrogen-bond acceptors (Lipinski definition) is 7. The molecule has 2 aliphatic rings. The summed E-state index contributed by atoms with van der Waals surface area (Å²) in [5.41, 5.74) is 0.968. The Morgan fingerprint density at radius 1 is 1.24 bits per heavy atom. The molecule has 0 spiro atoms. The number of carbonyl (C=O) groups excluding carboxylic acids is 1. The molecule has 2 fully saturated rings. The number of thioether (sulfide) groups is 1. The molecule has 8 heteroatoms. The average molecular weight is 416 g/mol. The molecule has 1 saturated heterocycles. The summed E-state index contributed by atoms with van der Waals surface area (Å²) < 4.78 is 5.72. The molecule has 0 atom stereocenters. The Kier molecular flexibility index (Phi) is 6.40. The molecule has 2 aromatic rings. The zero-order valence-corrected chi connectivity index (χ0v) is 18.0. The predicted molar refractivity (Wildman–Crippen MR) is 114 cm³/mol. The summed E-state index contributed by atoms with van der Waals surface area (Å²) in [7, 11) is 0. The lowest BCUT2D eigenvalue weighted by Crippen LogP contribution is -2.46. The van der Waals surface area contributed by atoms with E-state index in [4.69, 9.17) is 9.40 Å². The standard InChI is InChI=1S/C21H29N5O2S/c1-3-25-8-10-26(11-9-25)19-12-15(2)23-21(24-19)29-14-17-6-7-18(28-17)20(27)22-13-16-4-5-16/h6-7,12,16H,3-5,8-11,13-14H2,1-2H3,(H,22,27). The minimum Gasteiger partial charge on any atom is -0.455 e. The first kappa shape index (κ1) is 20.2. The predicted octanol–water partition coefficient (Wildman–Crippen LogP) is 2.95. The number of furan rings is 1. The van der Waals surface area contributed by atoms with Gasteiger partial charge in [-0.2, -0.15) is 0 Å². The molecule has 156 valence electrons. The van der Waals surface area contributed by atoms with E-state index in [0.29, 0.717) is 17.4 Å². The number of rotatable bonds is 8. The Hall–Kier alpha value is -2.06. The topological polar surface area (TPSA) is 74.5 Å². The van der Waals surface area contributed by atoms with Crippen LogP contribution in [0.3, 0.4) is 0 Å². The number of likely N-dealkylation sites (N-methyl/N-ethyl adjacent to an activating group) is 1. The largest absolute Gasteiger partial charge is 0.455 e. The van der Waals surface area contributed by atoms with Gasteiger partial charge < -0.3 is 19.5 Å². The fourth-order valence-corrected chi connectivity index (χ4v) is 4.20. The first-order chi connectivity index (χ1) is 14.1. The second-order valence-corrected chi connectivity index (χ2v) is 8.72. The van der Waals surface area contributed by atoms with Crippen molar-refractivity contribution >= 4 is 23.5 Å². The molecule has 1 aliphatic carbocycles. The second kappa shape index (κ2) is 9.17. The van der Waals surface area contributed by atoms with E-state index in [1.165, 1.54) is 24.6 Å². The van der Waals surface area contributed by atoms with Crippen LogP contribution in [0.25, 0.3) is 0 Å². The number of carbonyl (C=O) groups is 1. The highest BCUT2D eigenvalue weighted by atomic mass is 32.2. The van der Waals surface area contributed by atoms with Crippen LogP contribution in [0.4, 0.5) is 5.82 Å². The number of aromatic nitrogens is 2. The fourth-order valence-electron chi connectivity index (χ4n) is 3.40. The van der Waals surface area contributed by atoms with Gasteiger partial charge in [0.1, 0.15) is 11.6 Å². The molecular formula is C21H29N5O2S. The highest BCUT2D eigenvalue weighted by molar-refractivity contribution is 7.98. The zero-order chi connectivity index (χ0) is 20.2. The highest BCUT2D eigenvalue weighted by Gasteiger charge is 2.23. The summed E-state index contributed by atoms with van der Waals surface area (Å²) in [6, 6.07) is 5.66. The van der Waals surface area contributed by atoms with Gasteiger partial charge >= 0.3 is 0 Å². The van der Waals surface area contributed by atoms with Crippen molar-refractivity contribution in [2.75, 3.05) is 44.2 Å². The van der Waals surface area contributed by atoms with Crippen LogP contribution in [0, 0.1) is 12.8 Å². The van der Waals surface area contributed by atoms with E-state index in [-0.39, 0.29) is 5.91 Å². The quantitative estimate of drug-likeness (QED) is 0.525. The van der Waals surface area contributed by atoms with Crippen LogP contribution < -0.4 is 10.2 Å². The Balaban J connectivity index is 1.33. The third-order valence-electron chi connectivity index (χ3n) is 5.44. The van der Waals surface area contributed by atoms with Crippen molar-refractivity contribution < 1.29 is 9.21 Å². The van der Waals surface area contributed by atoms with Crippen molar-refractivity contribution in [2.24, 2.45) is 5.92 Å². The van der Waals surface area contributed by atoms with Gasteiger partial charge in [0.2, 0.25) is 0 Å². The maximum absolute atomic E-state index is 12.1. The Labute approximate surface area is 176 Å². The Morgan fingerprint density at radius 2 is 2.03 bits per heavy atom. The van der Waals surface area contributed by atoms with E-state index >= 15 is 0 Å². The molecule has 29 heavy (non-hydrogen) atoms. The number of amides is 1. The molecule has 0 bridgehead atoms. The number of piperazine rings is 1. The van der Waals surface area contributed by atoms with Crippen LogP contribution in [-0.2, 0) is 5.75 Å². The molecule has 0 unspecified atom stereocenters. The first-order valence-electron chi connectivity index (χ1n) is 10.4. The van der Waals surface area contributed by atoms with Gasteiger partial charge in [0.25, 0.3) is 5.91 Å². The number of aryl methyl sites for hydroxylation is 1. The molecule has 4 rings (SSSR count). The van der Waals surface area contributed by atoms with Crippen molar-refractivity contribution in [1.29, 1.82) is 0 Å². The van der Waals surface area contributed by atoms with E-state index in [1.54, 1.807) is 6.07 Å². The number of anilines is 1. The van der Waals surface area contributed by atoms with Crippen LogP contribution in [-0.4, -0.2) is 60.0 Å². The van der Waals surface area contributed by atoms with Gasteiger partial charge in [-0.05, 0) is 44.4 Å². The lowest BCUT2D eigenvalue weighted by atomic mass is 10.3. The van der Waals surface area contributed by atoms with Crippen molar-refractivity contribution in [2.45, 2.75) is 37.6 Å². The summed E-state index contributed by atoms with van der Waals surface area (Å²) in [6.45, 7) is 10.2. The van der Waals surface area contributed by atoms with Gasteiger partial charge in [-0.1, -0.05) is 18.7 Å². The molecule has 1 aliphatic heterocycles. The van der Waals surface area contributed by atoms with E-state index in [2.05, 4.69) is 33.1 Å². The van der Waals surface area contributed by atoms with Crippen molar-refractivity contribution in [1.82, 2.24) is 20.2 Å². The number of hydrogen-bond donors (Lipinski definition) is 1. The zero-order valence-electron chi connectivity index (χ0n) is 17.2. The van der Waals surface area contributed by atoms with Crippen molar-refractivity contribution in [3.63, 3.8) is 0 Å². The lowest BCUT2D eigenvalue weighted by molar-refractivity contribution is 0.0922. The van der Waals surface area contributed by atoms with E-state index in [1.807, 2.05) is 13.0 Å². The molecule has 1 saturated carbocycles. The summed E-state index contributed by atoms with van der Waals surface area (Å²) in [5.74, 6) is 3.25. The van der Waals surface area contributed by atoms with Crippen LogP contribution >= 0.6 is 11.8 Å². The van der Waals surface area contributed by atoms with Gasteiger partial charge in [-0.15, -0.1) is 0 Å². The maximum atomic E-state index is 12.1. The van der Waals surface area contributed by atoms with Crippen LogP contribution in [0.15, 0.2) is 27.8 Å². The van der Waals surface area contributed by atoms with Crippen molar-refractivity contribution in [3.8, 4) is 0 Å². The summed E-state index contributed by atoms with van der Waals surface area (Å²) in [4.78, 5) is 26.2. The van der Waals surface area contributed by atoms with Gasteiger partial charge in [0, 0.05) is 44.5 Å². The molecule has 7 nitrogen and oxygen atoms in total. The van der Waals surface area contributed by atoms with Crippen molar-refractivity contribution in [3.05, 3.63) is 35.4 Å². The lowest BCUT2D eigenvalue weighted by Gasteiger charge is -2.34. The second-order valence-electron chi connectivity index (χ2n) is 7.78. The SMILES string of the molecule is CCN1CCN(c2cc(C)nc(SCc3ccc(C(=O)NCC4CC4)o3)n2)CC1. The molecule has 3 heterocycles.